The fourth-order valence-electron chi connectivity index (χ4n) is 2.30. The summed E-state index contributed by atoms with van der Waals surface area (Å²) in [5.74, 6) is 0.880. The van der Waals surface area contributed by atoms with Crippen molar-refractivity contribution in [2.75, 3.05) is 5.32 Å². The summed E-state index contributed by atoms with van der Waals surface area (Å²) in [6.07, 6.45) is 3.33. The number of pyridine rings is 1. The van der Waals surface area contributed by atoms with Crippen LogP contribution in [0, 0.1) is 6.92 Å². The van der Waals surface area contributed by atoms with Crippen LogP contribution in [0.4, 0.5) is 10.5 Å². The second kappa shape index (κ2) is 6.26. The molecular formula is C15H19N7O2. The van der Waals surface area contributed by atoms with Crippen molar-refractivity contribution in [3.8, 4) is 0 Å². The van der Waals surface area contributed by atoms with Gasteiger partial charge in [0.25, 0.3) is 0 Å². The Hall–Kier alpha value is -2.97. The number of hydrogen-bond acceptors (Lipinski definition) is 6. The minimum Gasteiger partial charge on any atom is -0.337 e. The van der Waals surface area contributed by atoms with E-state index in [0.29, 0.717) is 17.4 Å². The molecule has 0 aliphatic heterocycles. The molecule has 9 nitrogen and oxygen atoms in total. The van der Waals surface area contributed by atoms with E-state index in [1.165, 1.54) is 0 Å². The fraction of sp³-hybridized carbons (Fsp3) is 0.400. The van der Waals surface area contributed by atoms with Crippen molar-refractivity contribution in [2.45, 2.75) is 39.8 Å². The number of carbonyl (C=O) groups excluding carboxylic acids is 1. The van der Waals surface area contributed by atoms with Gasteiger partial charge in [0.2, 0.25) is 5.89 Å². The predicted octanol–water partition coefficient (Wildman–Crippen LogP) is 2.59. The molecule has 0 bridgehead atoms. The maximum Gasteiger partial charge on any atom is 0.319 e. The van der Waals surface area contributed by atoms with E-state index < -0.39 is 6.04 Å². The number of hydrogen-bond donors (Lipinski definition) is 2. The Kier molecular flexibility index (Phi) is 4.15. The van der Waals surface area contributed by atoms with Crippen LogP contribution in [0.1, 0.15) is 44.6 Å². The van der Waals surface area contributed by atoms with Crippen LogP contribution in [0.5, 0.6) is 0 Å². The molecule has 3 rings (SSSR count). The number of amides is 2. The minimum absolute atomic E-state index is 0.218. The van der Waals surface area contributed by atoms with Crippen LogP contribution in [0.3, 0.4) is 0 Å². The lowest BCUT2D eigenvalue weighted by molar-refractivity contribution is 0.245. The van der Waals surface area contributed by atoms with Crippen LogP contribution in [0.15, 0.2) is 23.0 Å². The number of nitrogens with one attached hydrogen (secondary N) is 2. The smallest absolute Gasteiger partial charge is 0.319 e. The first-order valence-electron chi connectivity index (χ1n) is 7.65. The third kappa shape index (κ3) is 3.19. The number of urea groups is 1. The van der Waals surface area contributed by atoms with Gasteiger partial charge < -0.3 is 15.2 Å². The highest BCUT2D eigenvalue weighted by molar-refractivity contribution is 5.91. The van der Waals surface area contributed by atoms with E-state index in [2.05, 4.69) is 30.9 Å². The number of aryl methyl sites for hydroxylation is 1. The first-order chi connectivity index (χ1) is 11.4. The molecule has 1 atom stereocenters. The number of carbonyl (C=O) groups is 1. The predicted molar refractivity (Wildman–Crippen MR) is 87.5 cm³/mol. The van der Waals surface area contributed by atoms with E-state index in [4.69, 9.17) is 4.52 Å². The van der Waals surface area contributed by atoms with Crippen LogP contribution in [0.2, 0.25) is 0 Å². The number of rotatable bonds is 4. The Bertz CT molecular complexity index is 868. The van der Waals surface area contributed by atoms with Gasteiger partial charge in [-0.25, -0.2) is 14.5 Å². The highest BCUT2D eigenvalue weighted by Gasteiger charge is 2.16. The molecule has 0 radical (unpaired) electrons. The molecule has 126 valence electrons. The van der Waals surface area contributed by atoms with Gasteiger partial charge in [0.1, 0.15) is 6.04 Å². The van der Waals surface area contributed by atoms with Gasteiger partial charge in [0, 0.05) is 11.4 Å². The molecular weight excluding hydrogens is 310 g/mol. The number of aromatic nitrogens is 5. The van der Waals surface area contributed by atoms with Crippen molar-refractivity contribution < 1.29 is 9.32 Å². The van der Waals surface area contributed by atoms with Crippen molar-refractivity contribution in [1.82, 2.24) is 30.2 Å². The zero-order valence-corrected chi connectivity index (χ0v) is 13.9. The van der Waals surface area contributed by atoms with Crippen LogP contribution >= 0.6 is 0 Å². The summed E-state index contributed by atoms with van der Waals surface area (Å²) >= 11 is 0. The van der Waals surface area contributed by atoms with E-state index in [0.717, 1.165) is 11.0 Å². The summed E-state index contributed by atoms with van der Waals surface area (Å²) in [6.45, 7) is 7.56. The zero-order valence-electron chi connectivity index (χ0n) is 13.9. The average Bonchev–Trinajstić information content (AvgIpc) is 3.12. The van der Waals surface area contributed by atoms with Crippen molar-refractivity contribution in [3.63, 3.8) is 0 Å². The molecule has 2 N–H and O–H groups in total. The Morgan fingerprint density at radius 3 is 2.75 bits per heavy atom. The highest BCUT2D eigenvalue weighted by Crippen LogP contribution is 2.19. The quantitative estimate of drug-likeness (QED) is 0.761. The Labute approximate surface area is 138 Å². The third-order valence-corrected chi connectivity index (χ3v) is 3.44. The molecule has 3 aromatic heterocycles. The van der Waals surface area contributed by atoms with Crippen molar-refractivity contribution >= 4 is 22.8 Å². The van der Waals surface area contributed by atoms with E-state index in [9.17, 15) is 4.79 Å². The van der Waals surface area contributed by atoms with Crippen LogP contribution in [0.25, 0.3) is 11.0 Å². The van der Waals surface area contributed by atoms with E-state index >= 15 is 0 Å². The molecule has 0 fully saturated rings. The summed E-state index contributed by atoms with van der Waals surface area (Å²) in [5, 5.41) is 14.3. The molecule has 0 aromatic carbocycles. The third-order valence-electron chi connectivity index (χ3n) is 3.44. The Morgan fingerprint density at radius 2 is 2.08 bits per heavy atom. The van der Waals surface area contributed by atoms with E-state index in [-0.39, 0.29) is 12.1 Å². The first-order valence-corrected chi connectivity index (χ1v) is 7.65. The molecule has 3 aromatic rings. The molecule has 0 spiro atoms. The fourth-order valence-corrected chi connectivity index (χ4v) is 2.30. The first kappa shape index (κ1) is 15.9. The van der Waals surface area contributed by atoms with Gasteiger partial charge in [0.15, 0.2) is 11.5 Å². The van der Waals surface area contributed by atoms with Gasteiger partial charge >= 0.3 is 6.03 Å². The van der Waals surface area contributed by atoms with Gasteiger partial charge in [-0.1, -0.05) is 5.16 Å². The maximum atomic E-state index is 12.1. The molecule has 3 heterocycles. The van der Waals surface area contributed by atoms with Gasteiger partial charge in [-0.2, -0.15) is 10.1 Å². The van der Waals surface area contributed by atoms with E-state index in [1.807, 2.05) is 24.6 Å². The van der Waals surface area contributed by atoms with Gasteiger partial charge in [0.05, 0.1) is 18.1 Å². The zero-order chi connectivity index (χ0) is 17.3. The highest BCUT2D eigenvalue weighted by atomic mass is 16.5. The SMILES string of the molecule is Cc1noc(C(C)NC(=O)Nc2cnc3c(cnn3C(C)C)c2)n1. The molecule has 0 aliphatic carbocycles. The molecule has 24 heavy (non-hydrogen) atoms. The second-order valence-corrected chi connectivity index (χ2v) is 5.82. The molecule has 9 heteroatoms. The monoisotopic (exact) mass is 329 g/mol. The normalized spacial score (nSPS) is 12.5. The molecule has 0 aliphatic rings. The van der Waals surface area contributed by atoms with Crippen LogP contribution in [-0.4, -0.2) is 30.9 Å². The van der Waals surface area contributed by atoms with Crippen molar-refractivity contribution in [1.29, 1.82) is 0 Å². The largest absolute Gasteiger partial charge is 0.337 e. The van der Waals surface area contributed by atoms with E-state index in [1.54, 1.807) is 26.2 Å². The summed E-state index contributed by atoms with van der Waals surface area (Å²) in [7, 11) is 0. The molecule has 1 unspecified atom stereocenters. The Morgan fingerprint density at radius 1 is 1.29 bits per heavy atom. The van der Waals surface area contributed by atoms with Gasteiger partial charge in [-0.05, 0) is 33.8 Å². The summed E-state index contributed by atoms with van der Waals surface area (Å²) < 4.78 is 6.87. The molecule has 0 saturated heterocycles. The number of anilines is 1. The summed E-state index contributed by atoms with van der Waals surface area (Å²) in [6, 6.07) is 1.27. The van der Waals surface area contributed by atoms with Crippen molar-refractivity contribution in [2.24, 2.45) is 0 Å². The molecule has 0 saturated carbocycles. The lowest BCUT2D eigenvalue weighted by atomic mass is 10.3. The molecule has 2 amide bonds. The summed E-state index contributed by atoms with van der Waals surface area (Å²) in [4.78, 5) is 20.6. The van der Waals surface area contributed by atoms with Crippen LogP contribution in [-0.2, 0) is 0 Å². The number of fused-ring (bicyclic) bond motifs is 1. The Balaban J connectivity index is 1.69. The number of nitrogens with zero attached hydrogens (tertiary/aromatic N) is 5. The van der Waals surface area contributed by atoms with Gasteiger partial charge in [-0.15, -0.1) is 0 Å². The summed E-state index contributed by atoms with van der Waals surface area (Å²) in [5.41, 5.74) is 1.36. The lowest BCUT2D eigenvalue weighted by Crippen LogP contribution is -2.31. The second-order valence-electron chi connectivity index (χ2n) is 5.82. The average molecular weight is 329 g/mol. The van der Waals surface area contributed by atoms with Crippen LogP contribution < -0.4 is 10.6 Å². The minimum atomic E-state index is -0.397. The van der Waals surface area contributed by atoms with Crippen molar-refractivity contribution in [3.05, 3.63) is 30.2 Å². The maximum absolute atomic E-state index is 12.1. The topological polar surface area (TPSA) is 111 Å². The standard InChI is InChI=1S/C15H19N7O2/c1-8(2)22-13-11(6-17-22)5-12(7-16-13)20-15(23)18-9(3)14-19-10(4)21-24-14/h5-9H,1-4H3,(H2,18,20,23). The lowest BCUT2D eigenvalue weighted by Gasteiger charge is -2.11. The van der Waals surface area contributed by atoms with Gasteiger partial charge in [-0.3, -0.25) is 0 Å².